The van der Waals surface area contributed by atoms with Gasteiger partial charge in [0, 0.05) is 10.6 Å². The Labute approximate surface area is 202 Å². The zero-order valence-corrected chi connectivity index (χ0v) is 19.6. The summed E-state index contributed by atoms with van der Waals surface area (Å²) in [6, 6.07) is 21.8. The van der Waals surface area contributed by atoms with Crippen LogP contribution in [0, 0.1) is 0 Å². The third-order valence-corrected chi connectivity index (χ3v) is 6.29. The monoisotopic (exact) mass is 486 g/mol. The Morgan fingerprint density at radius 3 is 2.41 bits per heavy atom. The van der Waals surface area contributed by atoms with Gasteiger partial charge in [0.15, 0.2) is 0 Å². The van der Waals surface area contributed by atoms with E-state index in [1.165, 1.54) is 0 Å². The van der Waals surface area contributed by atoms with Gasteiger partial charge in [-0.3, -0.25) is 9.79 Å². The van der Waals surface area contributed by atoms with Gasteiger partial charge in [0.1, 0.15) is 17.0 Å². The number of hydrogen-bond acceptors (Lipinski definition) is 3. The molecule has 0 saturated heterocycles. The number of halogens is 3. The van der Waals surface area contributed by atoms with Crippen molar-refractivity contribution in [3.8, 4) is 5.75 Å². The topological polar surface area (TPSA) is 41.9 Å². The molecule has 2 unspecified atom stereocenters. The number of carbonyl (C=O) groups excluding carboxylic acids is 1. The Morgan fingerprint density at radius 1 is 1.00 bits per heavy atom. The van der Waals surface area contributed by atoms with Crippen molar-refractivity contribution < 1.29 is 9.53 Å². The molecule has 1 aliphatic heterocycles. The lowest BCUT2D eigenvalue weighted by atomic mass is 10.0. The zero-order chi connectivity index (χ0) is 22.7. The highest BCUT2D eigenvalue weighted by Gasteiger charge is 2.35. The average molecular weight is 488 g/mol. The van der Waals surface area contributed by atoms with Gasteiger partial charge in [-0.05, 0) is 47.9 Å². The van der Waals surface area contributed by atoms with Crippen LogP contribution in [0.3, 0.4) is 0 Å². The molecule has 0 spiro atoms. The molecule has 4 rings (SSSR count). The van der Waals surface area contributed by atoms with E-state index in [2.05, 4.69) is 4.99 Å². The average Bonchev–Trinajstić information content (AvgIpc) is 2.90. The fourth-order valence-corrected chi connectivity index (χ4v) is 4.47. The van der Waals surface area contributed by atoms with Crippen LogP contribution in [0.15, 0.2) is 77.8 Å². The van der Waals surface area contributed by atoms with E-state index in [1.807, 2.05) is 54.6 Å². The maximum Gasteiger partial charge on any atom is 0.253 e. The summed E-state index contributed by atoms with van der Waals surface area (Å²) in [4.78, 5) is 19.9. The van der Waals surface area contributed by atoms with Crippen LogP contribution in [-0.2, 0) is 17.8 Å². The fraction of sp³-hybridized carbons (Fsp3) is 0.200. The minimum Gasteiger partial charge on any atom is -0.497 e. The molecule has 164 valence electrons. The normalized spacial score (nSPS) is 16.8. The molecule has 0 aromatic heterocycles. The number of rotatable bonds is 6. The highest BCUT2D eigenvalue weighted by Crippen LogP contribution is 2.33. The molecule has 32 heavy (non-hydrogen) atoms. The van der Waals surface area contributed by atoms with Crippen LogP contribution in [0.25, 0.3) is 0 Å². The predicted molar refractivity (Wildman–Crippen MR) is 132 cm³/mol. The summed E-state index contributed by atoms with van der Waals surface area (Å²) < 4.78 is 5.24. The van der Waals surface area contributed by atoms with Gasteiger partial charge in [-0.2, -0.15) is 0 Å². The van der Waals surface area contributed by atoms with Crippen LogP contribution >= 0.6 is 34.8 Å². The Balaban J connectivity index is 1.71. The number of carbonyl (C=O) groups is 1. The van der Waals surface area contributed by atoms with Gasteiger partial charge in [-0.25, -0.2) is 0 Å². The van der Waals surface area contributed by atoms with Crippen LogP contribution in [-0.4, -0.2) is 29.6 Å². The number of methoxy groups -OCH3 is 1. The SMILES string of the molecule is COc1ccc(CN2C(=O)C(C(Cl)Cc3ccccc3)N=C(Cl)c3cc(Cl)ccc32)cc1. The summed E-state index contributed by atoms with van der Waals surface area (Å²) in [7, 11) is 1.62. The molecule has 1 amide bonds. The Kier molecular flexibility index (Phi) is 7.04. The van der Waals surface area contributed by atoms with Gasteiger partial charge >= 0.3 is 0 Å². The van der Waals surface area contributed by atoms with Crippen LogP contribution in [0.5, 0.6) is 5.75 Å². The quantitative estimate of drug-likeness (QED) is 0.394. The zero-order valence-electron chi connectivity index (χ0n) is 17.3. The Morgan fingerprint density at radius 2 is 1.72 bits per heavy atom. The maximum absolute atomic E-state index is 13.7. The maximum atomic E-state index is 13.7. The number of alkyl halides is 1. The number of hydrogen-bond donors (Lipinski definition) is 0. The minimum atomic E-state index is -0.839. The number of ether oxygens (including phenoxy) is 1. The van der Waals surface area contributed by atoms with Crippen molar-refractivity contribution in [1.82, 2.24) is 0 Å². The molecular weight excluding hydrogens is 467 g/mol. The van der Waals surface area contributed by atoms with E-state index in [-0.39, 0.29) is 11.1 Å². The molecule has 0 N–H and O–H groups in total. The first-order valence-electron chi connectivity index (χ1n) is 10.1. The van der Waals surface area contributed by atoms with E-state index >= 15 is 0 Å². The van der Waals surface area contributed by atoms with Crippen LogP contribution in [0.4, 0.5) is 5.69 Å². The summed E-state index contributed by atoms with van der Waals surface area (Å²) >= 11 is 19.6. The van der Waals surface area contributed by atoms with Crippen LogP contribution in [0.2, 0.25) is 5.02 Å². The summed E-state index contributed by atoms with van der Waals surface area (Å²) in [6.45, 7) is 0.336. The minimum absolute atomic E-state index is 0.212. The Bertz CT molecular complexity index is 1130. The summed E-state index contributed by atoms with van der Waals surface area (Å²) in [5, 5.41) is 0.165. The predicted octanol–water partition coefficient (Wildman–Crippen LogP) is 6.10. The fourth-order valence-electron chi connectivity index (χ4n) is 3.70. The lowest BCUT2D eigenvalue weighted by Crippen LogP contribution is -2.42. The molecule has 0 saturated carbocycles. The lowest BCUT2D eigenvalue weighted by molar-refractivity contribution is -0.119. The smallest absolute Gasteiger partial charge is 0.253 e. The first-order valence-corrected chi connectivity index (χ1v) is 11.3. The number of nitrogens with zero attached hydrogens (tertiary/aromatic N) is 2. The number of fused-ring (bicyclic) bond motifs is 1. The van der Waals surface area contributed by atoms with E-state index in [0.717, 1.165) is 16.9 Å². The molecule has 0 radical (unpaired) electrons. The van der Waals surface area contributed by atoms with Crippen molar-refractivity contribution >= 4 is 51.6 Å². The molecule has 3 aromatic rings. The van der Waals surface area contributed by atoms with Crippen molar-refractivity contribution in [3.63, 3.8) is 0 Å². The van der Waals surface area contributed by atoms with Crippen molar-refractivity contribution in [3.05, 3.63) is 94.5 Å². The second-order valence-electron chi connectivity index (χ2n) is 7.50. The first-order chi connectivity index (χ1) is 15.5. The number of aliphatic imine (C=N–C) groups is 1. The van der Waals surface area contributed by atoms with Crippen LogP contribution in [0.1, 0.15) is 16.7 Å². The largest absolute Gasteiger partial charge is 0.497 e. The molecule has 1 heterocycles. The number of benzodiazepines with no additional fused rings is 1. The molecule has 3 aromatic carbocycles. The molecule has 0 fully saturated rings. The van der Waals surface area contributed by atoms with Gasteiger partial charge in [0.25, 0.3) is 5.91 Å². The van der Waals surface area contributed by atoms with Gasteiger partial charge in [0.05, 0.1) is 24.7 Å². The summed E-state index contributed by atoms with van der Waals surface area (Å²) in [5.41, 5.74) is 3.21. The number of benzene rings is 3. The summed E-state index contributed by atoms with van der Waals surface area (Å²) in [5.74, 6) is 0.534. The van der Waals surface area contributed by atoms with E-state index in [0.29, 0.717) is 29.2 Å². The first kappa shape index (κ1) is 22.7. The highest BCUT2D eigenvalue weighted by atomic mass is 35.5. The molecule has 0 aliphatic carbocycles. The number of amides is 1. The van der Waals surface area contributed by atoms with Gasteiger partial charge < -0.3 is 9.64 Å². The van der Waals surface area contributed by atoms with E-state index < -0.39 is 11.4 Å². The van der Waals surface area contributed by atoms with Crippen LogP contribution < -0.4 is 9.64 Å². The summed E-state index contributed by atoms with van der Waals surface area (Å²) in [6.07, 6.45) is 0.486. The van der Waals surface area contributed by atoms with E-state index in [9.17, 15) is 4.79 Å². The molecule has 1 aliphatic rings. The molecular formula is C25H21Cl3N2O2. The number of anilines is 1. The van der Waals surface area contributed by atoms with Gasteiger partial charge in [-0.1, -0.05) is 65.7 Å². The van der Waals surface area contributed by atoms with Gasteiger partial charge in [0.2, 0.25) is 0 Å². The molecule has 0 bridgehead atoms. The molecule has 7 heteroatoms. The third kappa shape index (κ3) is 4.93. The lowest BCUT2D eigenvalue weighted by Gasteiger charge is -2.27. The standard InChI is InChI=1S/C25H21Cl3N2O2/c1-32-19-10-7-17(8-11-19)15-30-22-12-9-18(26)14-20(22)24(28)29-23(25(30)31)21(27)13-16-5-3-2-4-6-16/h2-12,14,21,23H,13,15H2,1H3. The van der Waals surface area contributed by atoms with Crippen molar-refractivity contribution in [2.24, 2.45) is 4.99 Å². The second-order valence-corrected chi connectivity index (χ2v) is 8.86. The molecule has 2 atom stereocenters. The van der Waals surface area contributed by atoms with Gasteiger partial charge in [-0.15, -0.1) is 11.6 Å². The Hall–Kier alpha value is -2.53. The highest BCUT2D eigenvalue weighted by molar-refractivity contribution is 6.70. The van der Waals surface area contributed by atoms with E-state index in [4.69, 9.17) is 39.5 Å². The van der Waals surface area contributed by atoms with Crippen molar-refractivity contribution in [1.29, 1.82) is 0 Å². The van der Waals surface area contributed by atoms with Crippen molar-refractivity contribution in [2.75, 3.05) is 12.0 Å². The van der Waals surface area contributed by atoms with Crippen molar-refractivity contribution in [2.45, 2.75) is 24.4 Å². The second kappa shape index (κ2) is 9.95. The molecule has 4 nitrogen and oxygen atoms in total. The third-order valence-electron chi connectivity index (χ3n) is 5.36. The van der Waals surface area contributed by atoms with E-state index in [1.54, 1.807) is 30.2 Å².